The monoisotopic (exact) mass is 175 g/mol. The van der Waals surface area contributed by atoms with Gasteiger partial charge in [0.1, 0.15) is 0 Å². The summed E-state index contributed by atoms with van der Waals surface area (Å²) in [5.74, 6) is 0. The fourth-order valence-electron chi connectivity index (χ4n) is 1.03. The predicted octanol–water partition coefficient (Wildman–Crippen LogP) is 1.04. The van der Waals surface area contributed by atoms with Crippen molar-refractivity contribution in [1.29, 1.82) is 0 Å². The second kappa shape index (κ2) is 7.53. The third kappa shape index (κ3) is 4.70. The first-order chi connectivity index (χ1) is 5.76. The minimum atomic E-state index is 0.205. The highest BCUT2D eigenvalue weighted by atomic mass is 16.5. The van der Waals surface area contributed by atoms with Crippen LogP contribution in [0.3, 0.4) is 0 Å². The molecule has 0 saturated carbocycles. The van der Waals surface area contributed by atoms with Gasteiger partial charge in [-0.05, 0) is 19.9 Å². The molecule has 12 heavy (non-hydrogen) atoms. The van der Waals surface area contributed by atoms with Crippen molar-refractivity contribution in [3.63, 3.8) is 0 Å². The van der Waals surface area contributed by atoms with E-state index in [1.807, 2.05) is 6.92 Å². The molecule has 0 spiro atoms. The van der Waals surface area contributed by atoms with Crippen LogP contribution in [0.4, 0.5) is 0 Å². The van der Waals surface area contributed by atoms with Crippen LogP contribution in [-0.4, -0.2) is 39.5 Å². The van der Waals surface area contributed by atoms with Crippen LogP contribution in [0, 0.1) is 0 Å². The lowest BCUT2D eigenvalue weighted by molar-refractivity contribution is 0.0459. The van der Waals surface area contributed by atoms with Gasteiger partial charge in [0.05, 0.1) is 18.8 Å². The van der Waals surface area contributed by atoms with Crippen LogP contribution in [0.5, 0.6) is 0 Å². The van der Waals surface area contributed by atoms with Crippen LogP contribution in [0.15, 0.2) is 0 Å². The van der Waals surface area contributed by atoms with Crippen LogP contribution in [0.2, 0.25) is 0 Å². The summed E-state index contributed by atoms with van der Waals surface area (Å²) in [6.07, 6.45) is 1.34. The van der Waals surface area contributed by atoms with E-state index in [-0.39, 0.29) is 6.10 Å². The molecule has 0 heterocycles. The average molecular weight is 175 g/mol. The van der Waals surface area contributed by atoms with Crippen molar-refractivity contribution < 1.29 is 9.47 Å². The van der Waals surface area contributed by atoms with E-state index in [2.05, 4.69) is 12.2 Å². The Morgan fingerprint density at radius 2 is 2.00 bits per heavy atom. The number of ether oxygens (including phenoxy) is 2. The number of nitrogens with one attached hydrogen (secondary N) is 1. The molecule has 74 valence electrons. The lowest BCUT2D eigenvalue weighted by atomic mass is 10.2. The van der Waals surface area contributed by atoms with E-state index >= 15 is 0 Å². The molecule has 2 unspecified atom stereocenters. The van der Waals surface area contributed by atoms with Gasteiger partial charge in [-0.25, -0.2) is 0 Å². The Kier molecular flexibility index (Phi) is 7.45. The van der Waals surface area contributed by atoms with E-state index in [1.165, 1.54) is 0 Å². The number of hydrogen-bond donors (Lipinski definition) is 1. The van der Waals surface area contributed by atoms with Crippen LogP contribution >= 0.6 is 0 Å². The average Bonchev–Trinajstić information content (AvgIpc) is 2.11. The molecule has 0 aromatic carbocycles. The third-order valence-corrected chi connectivity index (χ3v) is 1.94. The molecule has 0 radical (unpaired) electrons. The van der Waals surface area contributed by atoms with Gasteiger partial charge in [0, 0.05) is 14.2 Å². The van der Waals surface area contributed by atoms with Crippen molar-refractivity contribution >= 4 is 0 Å². The van der Waals surface area contributed by atoms with E-state index in [0.29, 0.717) is 12.6 Å². The maximum atomic E-state index is 5.22. The Hall–Kier alpha value is -0.120. The molecule has 0 fully saturated rings. The van der Waals surface area contributed by atoms with Crippen molar-refractivity contribution in [2.24, 2.45) is 0 Å². The standard InChI is InChI=1S/C9H21NO2/c1-5-6-10-9(7-11-3)8(2)12-4/h8-10H,5-7H2,1-4H3. The topological polar surface area (TPSA) is 30.5 Å². The van der Waals surface area contributed by atoms with Crippen molar-refractivity contribution in [2.75, 3.05) is 27.4 Å². The van der Waals surface area contributed by atoms with Gasteiger partial charge in [-0.15, -0.1) is 0 Å². The van der Waals surface area contributed by atoms with Crippen LogP contribution in [0.25, 0.3) is 0 Å². The summed E-state index contributed by atoms with van der Waals surface area (Å²) < 4.78 is 10.3. The van der Waals surface area contributed by atoms with E-state index in [1.54, 1.807) is 14.2 Å². The van der Waals surface area contributed by atoms with Gasteiger partial charge < -0.3 is 14.8 Å². The molecule has 2 atom stereocenters. The highest BCUT2D eigenvalue weighted by Crippen LogP contribution is 1.97. The molecule has 0 aliphatic rings. The zero-order chi connectivity index (χ0) is 9.40. The Balaban J connectivity index is 3.68. The van der Waals surface area contributed by atoms with E-state index in [4.69, 9.17) is 9.47 Å². The van der Waals surface area contributed by atoms with Gasteiger partial charge in [-0.3, -0.25) is 0 Å². The summed E-state index contributed by atoms with van der Waals surface area (Å²) >= 11 is 0. The SMILES string of the molecule is CCCNC(COC)C(C)OC. The van der Waals surface area contributed by atoms with Gasteiger partial charge in [-0.2, -0.15) is 0 Å². The van der Waals surface area contributed by atoms with E-state index in [0.717, 1.165) is 13.0 Å². The molecule has 0 aromatic rings. The Bertz CT molecular complexity index is 98.5. The summed E-state index contributed by atoms with van der Waals surface area (Å²) in [5, 5.41) is 3.37. The van der Waals surface area contributed by atoms with E-state index < -0.39 is 0 Å². The predicted molar refractivity (Wildman–Crippen MR) is 50.4 cm³/mol. The first-order valence-electron chi connectivity index (χ1n) is 4.51. The van der Waals surface area contributed by atoms with Gasteiger partial charge in [0.2, 0.25) is 0 Å². The van der Waals surface area contributed by atoms with Crippen molar-refractivity contribution in [2.45, 2.75) is 32.4 Å². The lowest BCUT2D eigenvalue weighted by Gasteiger charge is -2.23. The molecule has 1 N–H and O–H groups in total. The highest BCUT2D eigenvalue weighted by Gasteiger charge is 2.14. The summed E-state index contributed by atoms with van der Waals surface area (Å²) in [6, 6.07) is 0.306. The lowest BCUT2D eigenvalue weighted by Crippen LogP contribution is -2.43. The quantitative estimate of drug-likeness (QED) is 0.627. The first kappa shape index (κ1) is 11.9. The maximum absolute atomic E-state index is 5.22. The van der Waals surface area contributed by atoms with Crippen LogP contribution in [0.1, 0.15) is 20.3 Å². The molecule has 0 rings (SSSR count). The molecule has 0 aliphatic heterocycles. The smallest absolute Gasteiger partial charge is 0.0718 e. The van der Waals surface area contributed by atoms with Crippen LogP contribution < -0.4 is 5.32 Å². The van der Waals surface area contributed by atoms with Gasteiger partial charge >= 0.3 is 0 Å². The Labute approximate surface area is 75.4 Å². The second-order valence-corrected chi connectivity index (χ2v) is 2.96. The fraction of sp³-hybridized carbons (Fsp3) is 1.00. The highest BCUT2D eigenvalue weighted by molar-refractivity contribution is 4.72. The Morgan fingerprint density at radius 1 is 1.33 bits per heavy atom. The summed E-state index contributed by atoms with van der Waals surface area (Å²) in [5.41, 5.74) is 0. The van der Waals surface area contributed by atoms with Gasteiger partial charge in [-0.1, -0.05) is 6.92 Å². The first-order valence-corrected chi connectivity index (χ1v) is 4.51. The molecule has 0 amide bonds. The zero-order valence-corrected chi connectivity index (χ0v) is 8.59. The second-order valence-electron chi connectivity index (χ2n) is 2.96. The molecular formula is C9H21NO2. The number of rotatable bonds is 7. The maximum Gasteiger partial charge on any atom is 0.0718 e. The van der Waals surface area contributed by atoms with Crippen molar-refractivity contribution in [1.82, 2.24) is 5.32 Å². The summed E-state index contributed by atoms with van der Waals surface area (Å²) in [7, 11) is 3.43. The largest absolute Gasteiger partial charge is 0.383 e. The molecule has 0 bridgehead atoms. The number of methoxy groups -OCH3 is 2. The molecule has 0 aromatic heterocycles. The minimum absolute atomic E-state index is 0.205. The van der Waals surface area contributed by atoms with Crippen molar-refractivity contribution in [3.05, 3.63) is 0 Å². The fourth-order valence-corrected chi connectivity index (χ4v) is 1.03. The zero-order valence-electron chi connectivity index (χ0n) is 8.59. The van der Waals surface area contributed by atoms with Crippen LogP contribution in [-0.2, 0) is 9.47 Å². The summed E-state index contributed by atoms with van der Waals surface area (Å²) in [6.45, 7) is 5.91. The molecule has 3 nitrogen and oxygen atoms in total. The van der Waals surface area contributed by atoms with Gasteiger partial charge in [0.15, 0.2) is 0 Å². The van der Waals surface area contributed by atoms with E-state index in [9.17, 15) is 0 Å². The Morgan fingerprint density at radius 3 is 2.42 bits per heavy atom. The summed E-state index contributed by atoms with van der Waals surface area (Å²) in [4.78, 5) is 0. The molecular weight excluding hydrogens is 154 g/mol. The molecule has 0 saturated heterocycles. The number of hydrogen-bond acceptors (Lipinski definition) is 3. The van der Waals surface area contributed by atoms with Gasteiger partial charge in [0.25, 0.3) is 0 Å². The van der Waals surface area contributed by atoms with Crippen molar-refractivity contribution in [3.8, 4) is 0 Å². The normalized spacial score (nSPS) is 16.0. The minimum Gasteiger partial charge on any atom is -0.383 e. The molecule has 0 aliphatic carbocycles. The third-order valence-electron chi connectivity index (χ3n) is 1.94. The molecule has 3 heteroatoms.